The highest BCUT2D eigenvalue weighted by Crippen LogP contribution is 2.24. The Balaban J connectivity index is 1.53. The minimum Gasteiger partial charge on any atom is -0.461 e. The van der Waals surface area contributed by atoms with Crippen LogP contribution in [0.5, 0.6) is 0 Å². The third-order valence-corrected chi connectivity index (χ3v) is 4.53. The van der Waals surface area contributed by atoms with Gasteiger partial charge >= 0.3 is 0 Å². The van der Waals surface area contributed by atoms with Gasteiger partial charge in [0, 0.05) is 45.0 Å². The minimum atomic E-state index is 0.0532. The van der Waals surface area contributed by atoms with E-state index in [1.165, 1.54) is 0 Å². The van der Waals surface area contributed by atoms with Crippen molar-refractivity contribution in [2.45, 2.75) is 12.8 Å². The summed E-state index contributed by atoms with van der Waals surface area (Å²) in [6.45, 7) is 2.27. The first kappa shape index (κ1) is 17.6. The van der Waals surface area contributed by atoms with E-state index in [9.17, 15) is 9.90 Å². The van der Waals surface area contributed by atoms with Gasteiger partial charge in [0.25, 0.3) is 0 Å². The molecule has 8 heteroatoms. The molecule has 1 saturated heterocycles. The van der Waals surface area contributed by atoms with E-state index in [-0.39, 0.29) is 18.4 Å². The van der Waals surface area contributed by atoms with Crippen molar-refractivity contribution in [2.75, 3.05) is 40.3 Å². The molecule has 0 aromatic carbocycles. The average Bonchev–Trinajstić information content (AvgIpc) is 3.31. The minimum absolute atomic E-state index is 0.0532. The standard InChI is InChI=1S/C17H24N4O4/c1-20(2)8-12-9-21(10-13(12)11-22)16(23)6-5-15-18-17(19-25-15)14-4-3-7-24-14/h3-4,7,12-13,22H,5-6,8-11H2,1-2H3. The Bertz CT molecular complexity index is 683. The molecule has 0 radical (unpaired) electrons. The summed E-state index contributed by atoms with van der Waals surface area (Å²) in [4.78, 5) is 20.6. The third kappa shape index (κ3) is 4.26. The molecule has 1 aliphatic heterocycles. The second kappa shape index (κ2) is 7.79. The summed E-state index contributed by atoms with van der Waals surface area (Å²) >= 11 is 0. The highest BCUT2D eigenvalue weighted by molar-refractivity contribution is 5.76. The number of aliphatic hydroxyl groups is 1. The molecule has 25 heavy (non-hydrogen) atoms. The van der Waals surface area contributed by atoms with Crippen LogP contribution >= 0.6 is 0 Å². The molecule has 2 atom stereocenters. The Hall–Kier alpha value is -2.19. The van der Waals surface area contributed by atoms with E-state index in [1.807, 2.05) is 19.0 Å². The van der Waals surface area contributed by atoms with Gasteiger partial charge in [-0.1, -0.05) is 5.16 Å². The van der Waals surface area contributed by atoms with Crippen LogP contribution in [0.15, 0.2) is 27.3 Å². The Morgan fingerprint density at radius 2 is 2.20 bits per heavy atom. The van der Waals surface area contributed by atoms with E-state index in [1.54, 1.807) is 18.4 Å². The largest absolute Gasteiger partial charge is 0.461 e. The molecule has 1 aliphatic rings. The van der Waals surface area contributed by atoms with Crippen LogP contribution in [0.4, 0.5) is 0 Å². The zero-order valence-corrected chi connectivity index (χ0v) is 14.6. The zero-order valence-electron chi connectivity index (χ0n) is 14.6. The zero-order chi connectivity index (χ0) is 17.8. The third-order valence-electron chi connectivity index (χ3n) is 4.53. The highest BCUT2D eigenvalue weighted by atomic mass is 16.5. The summed E-state index contributed by atoms with van der Waals surface area (Å²) < 4.78 is 10.4. The maximum absolute atomic E-state index is 12.5. The molecule has 2 aromatic heterocycles. The fourth-order valence-electron chi connectivity index (χ4n) is 3.26. The van der Waals surface area contributed by atoms with Gasteiger partial charge in [0.05, 0.1) is 6.26 Å². The van der Waals surface area contributed by atoms with Crippen molar-refractivity contribution in [1.29, 1.82) is 0 Å². The maximum Gasteiger partial charge on any atom is 0.238 e. The summed E-state index contributed by atoms with van der Waals surface area (Å²) in [5, 5.41) is 13.4. The molecule has 0 spiro atoms. The Kier molecular flexibility index (Phi) is 5.50. The molecule has 1 fully saturated rings. The second-order valence-electron chi connectivity index (χ2n) is 6.75. The van der Waals surface area contributed by atoms with Crippen molar-refractivity contribution in [3.8, 4) is 11.6 Å². The average molecular weight is 348 g/mol. The van der Waals surface area contributed by atoms with Crippen molar-refractivity contribution in [1.82, 2.24) is 19.9 Å². The number of furan rings is 1. The molecule has 1 N–H and O–H groups in total. The van der Waals surface area contributed by atoms with Crippen LogP contribution in [0.25, 0.3) is 11.6 Å². The second-order valence-corrected chi connectivity index (χ2v) is 6.75. The van der Waals surface area contributed by atoms with Crippen LogP contribution in [0.2, 0.25) is 0 Å². The number of aryl methyl sites for hydroxylation is 1. The Morgan fingerprint density at radius 3 is 2.88 bits per heavy atom. The van der Waals surface area contributed by atoms with Crippen LogP contribution < -0.4 is 0 Å². The number of amides is 1. The summed E-state index contributed by atoms with van der Waals surface area (Å²) in [6.07, 6.45) is 2.25. The first-order valence-electron chi connectivity index (χ1n) is 8.46. The van der Waals surface area contributed by atoms with E-state index in [0.29, 0.717) is 49.3 Å². The molecular weight excluding hydrogens is 324 g/mol. The molecule has 2 unspecified atom stereocenters. The molecule has 8 nitrogen and oxygen atoms in total. The fourth-order valence-corrected chi connectivity index (χ4v) is 3.26. The lowest BCUT2D eigenvalue weighted by atomic mass is 9.97. The van der Waals surface area contributed by atoms with E-state index >= 15 is 0 Å². The lowest BCUT2D eigenvalue weighted by Crippen LogP contribution is -2.31. The van der Waals surface area contributed by atoms with Gasteiger partial charge in [0.15, 0.2) is 5.76 Å². The molecule has 1 amide bonds. The SMILES string of the molecule is CN(C)CC1CN(C(=O)CCc2nc(-c3ccco3)no2)CC1CO. The Labute approximate surface area is 146 Å². The van der Waals surface area contributed by atoms with Crippen molar-refractivity contribution in [3.63, 3.8) is 0 Å². The summed E-state index contributed by atoms with van der Waals surface area (Å²) in [6, 6.07) is 3.51. The van der Waals surface area contributed by atoms with Gasteiger partial charge in [-0.15, -0.1) is 0 Å². The molecule has 2 aromatic rings. The number of rotatable bonds is 7. The number of carbonyl (C=O) groups excluding carboxylic acids is 1. The van der Waals surface area contributed by atoms with Gasteiger partial charge < -0.3 is 23.8 Å². The van der Waals surface area contributed by atoms with Gasteiger partial charge in [0.1, 0.15) is 0 Å². The number of aromatic nitrogens is 2. The number of hydrogen-bond donors (Lipinski definition) is 1. The lowest BCUT2D eigenvalue weighted by Gasteiger charge is -2.20. The molecule has 3 heterocycles. The topological polar surface area (TPSA) is 95.8 Å². The number of likely N-dealkylation sites (tertiary alicyclic amines) is 1. The molecular formula is C17H24N4O4. The first-order chi connectivity index (χ1) is 12.1. The van der Waals surface area contributed by atoms with Crippen molar-refractivity contribution in [3.05, 3.63) is 24.3 Å². The lowest BCUT2D eigenvalue weighted by molar-refractivity contribution is -0.130. The van der Waals surface area contributed by atoms with Crippen LogP contribution in [-0.2, 0) is 11.2 Å². The van der Waals surface area contributed by atoms with E-state index in [2.05, 4.69) is 15.0 Å². The smallest absolute Gasteiger partial charge is 0.238 e. The first-order valence-corrected chi connectivity index (χ1v) is 8.46. The van der Waals surface area contributed by atoms with Gasteiger partial charge in [-0.2, -0.15) is 4.98 Å². The quantitative estimate of drug-likeness (QED) is 0.794. The van der Waals surface area contributed by atoms with Crippen LogP contribution in [-0.4, -0.2) is 71.3 Å². The summed E-state index contributed by atoms with van der Waals surface area (Å²) in [5.41, 5.74) is 0. The van der Waals surface area contributed by atoms with Gasteiger partial charge in [-0.25, -0.2) is 0 Å². The molecule has 3 rings (SSSR count). The number of hydrogen-bond acceptors (Lipinski definition) is 7. The molecule has 0 aliphatic carbocycles. The monoisotopic (exact) mass is 348 g/mol. The van der Waals surface area contributed by atoms with E-state index in [0.717, 1.165) is 6.54 Å². The Morgan fingerprint density at radius 1 is 1.40 bits per heavy atom. The number of nitrogens with zero attached hydrogens (tertiary/aromatic N) is 4. The molecule has 0 saturated carbocycles. The predicted octanol–water partition coefficient (Wildman–Crippen LogP) is 0.891. The van der Waals surface area contributed by atoms with Crippen molar-refractivity contribution < 1.29 is 18.8 Å². The maximum atomic E-state index is 12.5. The number of carbonyl (C=O) groups is 1. The molecule has 0 bridgehead atoms. The summed E-state index contributed by atoms with van der Waals surface area (Å²) in [5.74, 6) is 1.84. The predicted molar refractivity (Wildman–Crippen MR) is 89.5 cm³/mol. The molecule has 136 valence electrons. The van der Waals surface area contributed by atoms with Crippen molar-refractivity contribution in [2.24, 2.45) is 11.8 Å². The summed E-state index contributed by atoms with van der Waals surface area (Å²) in [7, 11) is 4.01. The van der Waals surface area contributed by atoms with Crippen LogP contribution in [0.1, 0.15) is 12.3 Å². The fraction of sp³-hybridized carbons (Fsp3) is 0.588. The normalized spacial score (nSPS) is 20.6. The van der Waals surface area contributed by atoms with Crippen molar-refractivity contribution >= 4 is 5.91 Å². The van der Waals surface area contributed by atoms with Gasteiger partial charge in [-0.3, -0.25) is 4.79 Å². The van der Waals surface area contributed by atoms with Crippen LogP contribution in [0.3, 0.4) is 0 Å². The van der Waals surface area contributed by atoms with E-state index in [4.69, 9.17) is 8.94 Å². The van der Waals surface area contributed by atoms with Gasteiger partial charge in [0.2, 0.25) is 17.6 Å². The highest BCUT2D eigenvalue weighted by Gasteiger charge is 2.34. The van der Waals surface area contributed by atoms with Gasteiger partial charge in [-0.05, 0) is 32.1 Å². The number of aliphatic hydroxyl groups excluding tert-OH is 1. The van der Waals surface area contributed by atoms with E-state index < -0.39 is 0 Å². The van der Waals surface area contributed by atoms with Crippen LogP contribution in [0, 0.1) is 11.8 Å².